The number of urea groups is 2. The highest BCUT2D eigenvalue weighted by Crippen LogP contribution is 2.53. The Morgan fingerprint density at radius 2 is 0.984 bits per heavy atom. The number of carbonyl (C=O) groups excluding carboxylic acids is 8. The Morgan fingerprint density at radius 3 is 1.28 bits per heavy atom. The van der Waals surface area contributed by atoms with Gasteiger partial charge in [-0.2, -0.15) is 0 Å². The molecule has 0 aromatic heterocycles. The van der Waals surface area contributed by atoms with Gasteiger partial charge in [0.25, 0.3) is 35.4 Å². The van der Waals surface area contributed by atoms with Crippen molar-refractivity contribution in [3.8, 4) is 0 Å². The van der Waals surface area contributed by atoms with Gasteiger partial charge in [0.15, 0.2) is 0 Å². The number of carboxylic acids is 2. The minimum Gasteiger partial charge on any atom is -0.480 e. The molecule has 8 N–H and O–H groups in total. The molecular formula is C38H42N8O13S2. The summed E-state index contributed by atoms with van der Waals surface area (Å²) >= 11 is 2.05. The van der Waals surface area contributed by atoms with E-state index in [9.17, 15) is 58.2 Å². The van der Waals surface area contributed by atoms with Crippen molar-refractivity contribution in [3.63, 3.8) is 0 Å². The fourth-order valence-electron chi connectivity index (χ4n) is 8.08. The van der Waals surface area contributed by atoms with Crippen LogP contribution in [0.1, 0.15) is 50.9 Å². The zero-order chi connectivity index (χ0) is 44.9. The molecular weight excluding hydrogens is 841 g/mol. The molecule has 4 aliphatic heterocycles. The molecule has 0 aliphatic carbocycles. The van der Waals surface area contributed by atoms with Crippen molar-refractivity contribution in [2.45, 2.75) is 84.2 Å². The highest BCUT2D eigenvalue weighted by molar-refractivity contribution is 8.02. The Morgan fingerprint density at radius 1 is 0.656 bits per heavy atom. The summed E-state index contributed by atoms with van der Waals surface area (Å²) in [4.78, 5) is 137. The Kier molecular flexibility index (Phi) is 12.1. The number of imide groups is 2. The number of carboxylic acid groups (broad SMARTS) is 2. The molecule has 8 atom stereocenters. The number of nitrogens with zero attached hydrogens (tertiary/aromatic N) is 4. The number of rotatable bonds is 14. The summed E-state index contributed by atoms with van der Waals surface area (Å²) in [6, 6.07) is 3.76. The van der Waals surface area contributed by atoms with Gasteiger partial charge in [-0.25, -0.2) is 19.2 Å². The monoisotopic (exact) mass is 882 g/mol. The van der Waals surface area contributed by atoms with E-state index in [0.29, 0.717) is 9.80 Å². The van der Waals surface area contributed by atoms with Crippen LogP contribution in [0.15, 0.2) is 60.7 Å². The van der Waals surface area contributed by atoms with Crippen LogP contribution >= 0.6 is 23.5 Å². The molecule has 0 radical (unpaired) electrons. The molecule has 4 fully saturated rings. The number of carbonyl (C=O) groups is 10. The third kappa shape index (κ3) is 8.06. The van der Waals surface area contributed by atoms with E-state index >= 15 is 0 Å². The van der Waals surface area contributed by atoms with Crippen LogP contribution in [0.4, 0.5) is 9.59 Å². The van der Waals surface area contributed by atoms with Crippen LogP contribution in [0.25, 0.3) is 0 Å². The van der Waals surface area contributed by atoms with E-state index in [4.69, 9.17) is 16.2 Å². The lowest BCUT2D eigenvalue weighted by molar-refractivity contribution is -0.175. The van der Waals surface area contributed by atoms with Crippen molar-refractivity contribution < 1.29 is 62.9 Å². The molecule has 0 spiro atoms. The second-order valence-corrected chi connectivity index (χ2v) is 19.0. The summed E-state index contributed by atoms with van der Waals surface area (Å²) < 4.78 is 3.37. The fraction of sp³-hybridized carbons (Fsp3) is 0.421. The third-order valence-electron chi connectivity index (χ3n) is 10.6. The zero-order valence-corrected chi connectivity index (χ0v) is 34.6. The van der Waals surface area contributed by atoms with E-state index in [2.05, 4.69) is 10.6 Å². The lowest BCUT2D eigenvalue weighted by Crippen LogP contribution is -2.73. The number of β-lactam (4-membered cyclic amide) rings is 2. The number of fused-ring (bicyclic) bond motifs is 2. The highest BCUT2D eigenvalue weighted by Gasteiger charge is 2.68. The van der Waals surface area contributed by atoms with Gasteiger partial charge < -0.3 is 46.9 Å². The third-order valence-corrected chi connectivity index (χ3v) is 13.8. The van der Waals surface area contributed by atoms with Crippen LogP contribution in [-0.2, 0) is 43.1 Å². The maximum atomic E-state index is 14.4. The largest absolute Gasteiger partial charge is 0.480 e. The van der Waals surface area contributed by atoms with E-state index in [1.165, 1.54) is 48.5 Å². The van der Waals surface area contributed by atoms with E-state index in [1.807, 2.05) is 0 Å². The number of ether oxygens (including phenoxy) is 1. The van der Waals surface area contributed by atoms with E-state index < -0.39 is 129 Å². The molecule has 2 unspecified atom stereocenters. The van der Waals surface area contributed by atoms with Gasteiger partial charge in [-0.15, -0.1) is 23.5 Å². The SMILES string of the molecule is CC1(C)S[C@@H]2[C@H](N(C(=O)COCC(=O)N(C(=O)C(NC(N)=O)c3ccccc3)[C@@H]3C(=O)N4[C@@H]3SC(C)(C)[C@@H]4C(=O)O)C(=O)C(NC(N)=O)c3ccccc3)C(=O)N2[C@H]1C(=O)O. The Bertz CT molecular complexity index is 2040. The molecule has 23 heteroatoms. The first kappa shape index (κ1) is 44.4. The molecule has 2 aromatic rings. The van der Waals surface area contributed by atoms with Gasteiger partial charge in [0.2, 0.25) is 0 Å². The van der Waals surface area contributed by atoms with Gasteiger partial charge in [0.05, 0.1) is 0 Å². The molecule has 6 rings (SSSR count). The van der Waals surface area contributed by atoms with Crippen molar-refractivity contribution in [2.75, 3.05) is 13.2 Å². The van der Waals surface area contributed by atoms with Crippen LogP contribution < -0.4 is 22.1 Å². The number of hydrogen-bond donors (Lipinski definition) is 6. The van der Waals surface area contributed by atoms with Crippen molar-refractivity contribution in [1.82, 2.24) is 30.2 Å². The normalized spacial score (nSPS) is 25.0. The number of nitrogens with two attached hydrogens (primary N) is 2. The van der Waals surface area contributed by atoms with Crippen molar-refractivity contribution >= 4 is 83.0 Å². The number of hydrogen-bond acceptors (Lipinski definition) is 13. The quantitative estimate of drug-likeness (QED) is 0.131. The fourth-order valence-corrected chi connectivity index (χ4v) is 11.4. The maximum Gasteiger partial charge on any atom is 0.327 e. The van der Waals surface area contributed by atoms with Crippen molar-refractivity contribution in [2.24, 2.45) is 11.5 Å². The first-order valence-corrected chi connectivity index (χ1v) is 20.3. The molecule has 0 saturated carbocycles. The summed E-state index contributed by atoms with van der Waals surface area (Å²) in [5.74, 6) is -9.13. The van der Waals surface area contributed by atoms with Crippen LogP contribution in [-0.4, -0.2) is 147 Å². The van der Waals surface area contributed by atoms with Gasteiger partial charge in [-0.3, -0.25) is 38.6 Å². The smallest absolute Gasteiger partial charge is 0.327 e. The lowest BCUT2D eigenvalue weighted by Gasteiger charge is -2.48. The first-order chi connectivity index (χ1) is 28.6. The van der Waals surface area contributed by atoms with E-state index in [1.54, 1.807) is 39.8 Å². The number of amides is 10. The van der Waals surface area contributed by atoms with Crippen LogP contribution in [0, 0.1) is 0 Å². The predicted octanol–water partition coefficient (Wildman–Crippen LogP) is -0.436. The minimum absolute atomic E-state index is 0.163. The molecule has 10 amide bonds. The summed E-state index contributed by atoms with van der Waals surface area (Å²) in [5.41, 5.74) is 11.1. The van der Waals surface area contributed by atoms with Gasteiger partial charge in [0, 0.05) is 9.49 Å². The summed E-state index contributed by atoms with van der Waals surface area (Å²) in [6.07, 6.45) is 0. The molecule has 61 heavy (non-hydrogen) atoms. The standard InChI is InChI=1S/C38H42N8O13S2/c1-37(2)25(33(53)54)45-29(51)23(31(45)60-37)43(27(49)21(41-35(39)57)17-11-7-5-8-12-17)19(47)15-59-16-20(48)44(28(50)22(42-36(40)58)18-13-9-6-10-14-18)24-30(52)46-26(34(55)56)38(3,4)61-32(24)46/h5-14,21-26,31-32H,15-16H2,1-4H3,(H,53,54)(H,55,56)(H3,39,41,57)(H3,40,42,58)/t21?,22?,23-,24-,25+,26+,31-,32-/m1/s1. The van der Waals surface area contributed by atoms with E-state index in [-0.39, 0.29) is 11.1 Å². The van der Waals surface area contributed by atoms with Gasteiger partial charge in [-0.1, -0.05) is 60.7 Å². The Balaban J connectivity index is 1.30. The molecule has 2 aromatic carbocycles. The summed E-state index contributed by atoms with van der Waals surface area (Å²) in [7, 11) is 0. The minimum atomic E-state index is -1.63. The molecule has 21 nitrogen and oxygen atoms in total. The zero-order valence-electron chi connectivity index (χ0n) is 33.0. The molecule has 4 heterocycles. The van der Waals surface area contributed by atoms with Gasteiger partial charge >= 0.3 is 24.0 Å². The van der Waals surface area contributed by atoms with Crippen molar-refractivity contribution in [3.05, 3.63) is 71.8 Å². The molecule has 324 valence electrons. The van der Waals surface area contributed by atoms with Crippen molar-refractivity contribution in [1.29, 1.82) is 0 Å². The predicted molar refractivity (Wildman–Crippen MR) is 213 cm³/mol. The van der Waals surface area contributed by atoms with Gasteiger partial charge in [0.1, 0.15) is 60.2 Å². The topological polar surface area (TPSA) is 309 Å². The van der Waals surface area contributed by atoms with Crippen LogP contribution in [0.5, 0.6) is 0 Å². The van der Waals surface area contributed by atoms with Gasteiger partial charge in [-0.05, 0) is 38.8 Å². The van der Waals surface area contributed by atoms with E-state index in [0.717, 1.165) is 33.3 Å². The number of thioether (sulfide) groups is 2. The lowest BCUT2D eigenvalue weighted by atomic mass is 9.94. The number of nitrogens with one attached hydrogen (secondary N) is 2. The summed E-state index contributed by atoms with van der Waals surface area (Å²) in [5, 5.41) is 22.4. The van der Waals surface area contributed by atoms with Crippen LogP contribution in [0.3, 0.4) is 0 Å². The summed E-state index contributed by atoms with van der Waals surface area (Å²) in [6.45, 7) is 4.10. The second kappa shape index (κ2) is 16.7. The second-order valence-electron chi connectivity index (χ2n) is 15.5. The average Bonchev–Trinajstić information content (AvgIpc) is 3.60. The van der Waals surface area contributed by atoms with Crippen LogP contribution in [0.2, 0.25) is 0 Å². The number of primary amides is 2. The average molecular weight is 883 g/mol. The number of aliphatic carboxylic acids is 2. The Hall–Kier alpha value is -6.20. The highest BCUT2D eigenvalue weighted by atomic mass is 32.2. The number of benzene rings is 2. The Labute approximate surface area is 355 Å². The molecule has 4 saturated heterocycles. The maximum absolute atomic E-state index is 14.4. The first-order valence-electron chi connectivity index (χ1n) is 18.6. The molecule has 0 bridgehead atoms. The molecule has 4 aliphatic rings.